The molecule has 0 saturated heterocycles. The van der Waals surface area contributed by atoms with E-state index >= 15 is 0 Å². The summed E-state index contributed by atoms with van der Waals surface area (Å²) in [5.41, 5.74) is 12.7. The van der Waals surface area contributed by atoms with Crippen molar-refractivity contribution in [2.75, 3.05) is 91.0 Å². The van der Waals surface area contributed by atoms with Crippen molar-refractivity contribution in [3.63, 3.8) is 0 Å². The van der Waals surface area contributed by atoms with Gasteiger partial charge in [0.25, 0.3) is 0 Å². The van der Waals surface area contributed by atoms with Crippen LogP contribution in [0.2, 0.25) is 0 Å². The van der Waals surface area contributed by atoms with Crippen LogP contribution in [0.3, 0.4) is 0 Å². The summed E-state index contributed by atoms with van der Waals surface area (Å²) in [7, 11) is 6.85. The fourth-order valence-corrected chi connectivity index (χ4v) is 8.00. The van der Waals surface area contributed by atoms with Crippen LogP contribution in [-0.4, -0.2) is 81.2 Å². The number of fused-ring (bicyclic) bond motifs is 4. The molecule has 8 heteroatoms. The Hall–Kier alpha value is -4.86. The fourth-order valence-electron chi connectivity index (χ4n) is 8.00. The van der Waals surface area contributed by atoms with Crippen molar-refractivity contribution in [1.29, 1.82) is 0 Å². The van der Waals surface area contributed by atoms with Crippen molar-refractivity contribution in [3.8, 4) is 11.5 Å². The van der Waals surface area contributed by atoms with Gasteiger partial charge < -0.3 is 38.2 Å². The summed E-state index contributed by atoms with van der Waals surface area (Å²) in [6.45, 7) is 4.87. The summed E-state index contributed by atoms with van der Waals surface area (Å²) < 4.78 is 33.8. The Morgan fingerprint density at radius 2 is 0.833 bits per heavy atom. The van der Waals surface area contributed by atoms with Gasteiger partial charge in [0.05, 0.1) is 53.9 Å². The molecule has 2 heterocycles. The molecule has 54 heavy (non-hydrogen) atoms. The molecule has 0 aliphatic carbocycles. The lowest BCUT2D eigenvalue weighted by atomic mass is 9.76. The number of para-hydroxylation sites is 2. The van der Waals surface area contributed by atoms with E-state index in [0.29, 0.717) is 39.6 Å². The van der Waals surface area contributed by atoms with Crippen LogP contribution in [0.5, 0.6) is 11.5 Å². The molecule has 0 amide bonds. The van der Waals surface area contributed by atoms with Crippen LogP contribution in [-0.2, 0) is 31.8 Å². The minimum absolute atomic E-state index is 0.137. The second-order valence-corrected chi connectivity index (χ2v) is 13.8. The first kappa shape index (κ1) is 37.5. The first-order valence-corrected chi connectivity index (χ1v) is 18.9. The van der Waals surface area contributed by atoms with E-state index in [1.807, 2.05) is 0 Å². The van der Waals surface area contributed by atoms with Gasteiger partial charge in [-0.15, -0.1) is 0 Å². The topological polar surface area (TPSA) is 61.9 Å². The van der Waals surface area contributed by atoms with E-state index in [-0.39, 0.29) is 11.8 Å². The first-order valence-electron chi connectivity index (χ1n) is 18.9. The van der Waals surface area contributed by atoms with Gasteiger partial charge in [-0.05, 0) is 94.8 Å². The molecule has 0 saturated carbocycles. The molecule has 0 fully saturated rings. The Labute approximate surface area is 320 Å². The molecule has 2 atom stereocenters. The molecule has 2 aliphatic rings. The lowest BCUT2D eigenvalue weighted by molar-refractivity contribution is 0.0746. The molecule has 7 rings (SSSR count). The lowest BCUT2D eigenvalue weighted by Crippen LogP contribution is -2.33. The standard InChI is InChI=1S/C46H52N2O6/c1-49-25-27-53-23-21-47-43-11-7-5-9-37(43)39(29-33-13-17-35(51-3)18-14-33)41-32-46-42(31-45(41)47)40(30-34-15-19-36(52-4)20-16-34)38-10-6-8-12-44(38)48(46)22-24-54-28-26-50-2/h5-20,31-32,39-40H,21-30H2,1-4H3. The molecule has 0 N–H and O–H groups in total. The van der Waals surface area contributed by atoms with Gasteiger partial charge in [-0.3, -0.25) is 0 Å². The summed E-state index contributed by atoms with van der Waals surface area (Å²) in [5, 5.41) is 0. The second kappa shape index (κ2) is 18.0. The van der Waals surface area contributed by atoms with Crippen LogP contribution in [0.15, 0.2) is 109 Å². The molecule has 0 radical (unpaired) electrons. The molecule has 0 spiro atoms. The maximum atomic E-state index is 6.10. The maximum Gasteiger partial charge on any atom is 0.118 e. The van der Waals surface area contributed by atoms with Gasteiger partial charge in [0, 0.05) is 61.9 Å². The third kappa shape index (κ3) is 8.12. The highest BCUT2D eigenvalue weighted by atomic mass is 16.5. The van der Waals surface area contributed by atoms with Crippen LogP contribution in [0, 0.1) is 0 Å². The predicted octanol–water partition coefficient (Wildman–Crippen LogP) is 8.68. The van der Waals surface area contributed by atoms with Crippen molar-refractivity contribution >= 4 is 22.7 Å². The van der Waals surface area contributed by atoms with Crippen molar-refractivity contribution in [3.05, 3.63) is 143 Å². The molecule has 2 unspecified atom stereocenters. The Balaban J connectivity index is 1.37. The van der Waals surface area contributed by atoms with Crippen LogP contribution in [0.4, 0.5) is 22.7 Å². The highest BCUT2D eigenvalue weighted by Gasteiger charge is 2.37. The van der Waals surface area contributed by atoms with E-state index in [9.17, 15) is 0 Å². The number of rotatable bonds is 18. The maximum absolute atomic E-state index is 6.10. The molecular weight excluding hydrogens is 677 g/mol. The Morgan fingerprint density at radius 1 is 0.426 bits per heavy atom. The molecule has 5 aromatic carbocycles. The molecule has 2 aliphatic heterocycles. The second-order valence-electron chi connectivity index (χ2n) is 13.8. The number of anilines is 4. The van der Waals surface area contributed by atoms with Crippen molar-refractivity contribution in [1.82, 2.24) is 0 Å². The van der Waals surface area contributed by atoms with Crippen molar-refractivity contribution in [2.45, 2.75) is 24.7 Å². The van der Waals surface area contributed by atoms with E-state index in [1.165, 1.54) is 56.1 Å². The minimum atomic E-state index is 0.137. The average Bonchev–Trinajstić information content (AvgIpc) is 3.22. The van der Waals surface area contributed by atoms with E-state index in [2.05, 4.69) is 119 Å². The van der Waals surface area contributed by atoms with Gasteiger partial charge in [-0.1, -0.05) is 60.7 Å². The minimum Gasteiger partial charge on any atom is -0.497 e. The zero-order valence-electron chi connectivity index (χ0n) is 32.0. The number of hydrogen-bond donors (Lipinski definition) is 0. The van der Waals surface area contributed by atoms with Crippen molar-refractivity contribution in [2.24, 2.45) is 0 Å². The summed E-state index contributed by atoms with van der Waals surface area (Å²) in [6, 6.07) is 39.8. The van der Waals surface area contributed by atoms with Gasteiger partial charge in [-0.2, -0.15) is 0 Å². The Kier molecular flexibility index (Phi) is 12.5. The van der Waals surface area contributed by atoms with E-state index in [4.69, 9.17) is 28.4 Å². The fraction of sp³-hybridized carbons (Fsp3) is 0.348. The van der Waals surface area contributed by atoms with Crippen LogP contribution >= 0.6 is 0 Å². The Morgan fingerprint density at radius 3 is 1.22 bits per heavy atom. The number of hydrogen-bond acceptors (Lipinski definition) is 8. The number of methoxy groups -OCH3 is 4. The smallest absolute Gasteiger partial charge is 0.118 e. The quantitative estimate of drug-likeness (QED) is 0.0832. The highest BCUT2D eigenvalue weighted by molar-refractivity contribution is 5.84. The van der Waals surface area contributed by atoms with E-state index in [1.54, 1.807) is 28.4 Å². The first-order chi connectivity index (χ1) is 26.6. The predicted molar refractivity (Wildman–Crippen MR) is 216 cm³/mol. The third-order valence-electron chi connectivity index (χ3n) is 10.7. The SMILES string of the molecule is COCCOCCN1c2ccccc2C(Cc2ccc(OC)cc2)c2cc3c(cc21)C(Cc1ccc(OC)cc1)c1ccccc1N3CCOCCOC. The number of nitrogens with zero attached hydrogens (tertiary/aromatic N) is 2. The summed E-state index contributed by atoms with van der Waals surface area (Å²) in [4.78, 5) is 4.96. The number of ether oxygens (including phenoxy) is 6. The summed E-state index contributed by atoms with van der Waals surface area (Å²) in [6.07, 6.45) is 1.72. The highest BCUT2D eigenvalue weighted by Crippen LogP contribution is 2.54. The Bertz CT molecular complexity index is 1820. The molecule has 8 nitrogen and oxygen atoms in total. The van der Waals surface area contributed by atoms with E-state index in [0.717, 1.165) is 37.4 Å². The van der Waals surface area contributed by atoms with Gasteiger partial charge in [0.15, 0.2) is 0 Å². The van der Waals surface area contributed by atoms with E-state index < -0.39 is 0 Å². The van der Waals surface area contributed by atoms with Gasteiger partial charge in [0.2, 0.25) is 0 Å². The lowest BCUT2D eigenvalue weighted by Gasteiger charge is -2.43. The summed E-state index contributed by atoms with van der Waals surface area (Å²) in [5.74, 6) is 2.00. The molecule has 282 valence electrons. The van der Waals surface area contributed by atoms with Crippen LogP contribution in [0.25, 0.3) is 0 Å². The van der Waals surface area contributed by atoms with Gasteiger partial charge in [-0.25, -0.2) is 0 Å². The molecule has 5 aromatic rings. The van der Waals surface area contributed by atoms with Gasteiger partial charge >= 0.3 is 0 Å². The zero-order valence-corrected chi connectivity index (χ0v) is 32.0. The molecule has 0 bridgehead atoms. The van der Waals surface area contributed by atoms with Crippen molar-refractivity contribution < 1.29 is 28.4 Å². The largest absolute Gasteiger partial charge is 0.497 e. The van der Waals surface area contributed by atoms with Gasteiger partial charge in [0.1, 0.15) is 11.5 Å². The van der Waals surface area contributed by atoms with Crippen LogP contribution in [0.1, 0.15) is 45.2 Å². The number of benzene rings is 5. The average molecular weight is 729 g/mol. The molecular formula is C46H52N2O6. The normalized spacial score (nSPS) is 15.6. The summed E-state index contributed by atoms with van der Waals surface area (Å²) >= 11 is 0. The zero-order chi connectivity index (χ0) is 37.3. The third-order valence-corrected chi connectivity index (χ3v) is 10.7. The van der Waals surface area contributed by atoms with Crippen LogP contribution < -0.4 is 19.3 Å². The molecule has 0 aromatic heterocycles. The monoisotopic (exact) mass is 728 g/mol.